The van der Waals surface area contributed by atoms with Crippen LogP contribution in [0.4, 0.5) is 5.82 Å². The Labute approximate surface area is 128 Å². The van der Waals surface area contributed by atoms with Crippen LogP contribution < -0.4 is 11.1 Å². The zero-order valence-corrected chi connectivity index (χ0v) is 14.4. The molecule has 1 unspecified atom stereocenters. The molecular weight excluding hydrogens is 264 g/mol. The quantitative estimate of drug-likeness (QED) is 0.896. The minimum Gasteiger partial charge on any atom is -0.328 e. The van der Waals surface area contributed by atoms with Gasteiger partial charge in [-0.05, 0) is 34.1 Å². The molecule has 0 fully saturated rings. The van der Waals surface area contributed by atoms with Crippen LogP contribution in [0.1, 0.15) is 67.0 Å². The topological polar surface area (TPSA) is 72.9 Å². The van der Waals surface area contributed by atoms with Crippen molar-refractivity contribution in [1.29, 1.82) is 0 Å². The van der Waals surface area contributed by atoms with E-state index in [-0.39, 0.29) is 22.9 Å². The lowest BCUT2D eigenvalue weighted by Gasteiger charge is -2.23. The van der Waals surface area contributed by atoms with E-state index < -0.39 is 0 Å². The molecule has 1 aromatic heterocycles. The highest BCUT2D eigenvalue weighted by atomic mass is 16.1. The first-order valence-electron chi connectivity index (χ1n) is 7.57. The molecule has 1 aromatic rings. The molecule has 1 heterocycles. The van der Waals surface area contributed by atoms with Gasteiger partial charge in [0.05, 0.1) is 11.2 Å². The van der Waals surface area contributed by atoms with Crippen LogP contribution in [0.3, 0.4) is 0 Å². The summed E-state index contributed by atoms with van der Waals surface area (Å²) in [6, 6.07) is 2.00. The van der Waals surface area contributed by atoms with E-state index in [9.17, 15) is 4.79 Å². The Morgan fingerprint density at radius 1 is 1.33 bits per heavy atom. The molecule has 0 aromatic carbocycles. The Balaban J connectivity index is 3.00. The van der Waals surface area contributed by atoms with Gasteiger partial charge in [0.15, 0.2) is 0 Å². The van der Waals surface area contributed by atoms with Crippen molar-refractivity contribution in [2.75, 3.05) is 5.32 Å². The van der Waals surface area contributed by atoms with Gasteiger partial charge in [0, 0.05) is 23.9 Å². The second-order valence-corrected chi connectivity index (χ2v) is 7.81. The summed E-state index contributed by atoms with van der Waals surface area (Å²) in [7, 11) is 0. The van der Waals surface area contributed by atoms with Crippen molar-refractivity contribution in [3.8, 4) is 0 Å². The second-order valence-electron chi connectivity index (χ2n) is 7.81. The number of anilines is 1. The molecule has 0 spiro atoms. The minimum absolute atomic E-state index is 0.0156. The molecule has 21 heavy (non-hydrogen) atoms. The Hall–Kier alpha value is -1.36. The molecule has 1 amide bonds. The molecule has 5 heteroatoms. The molecule has 1 rings (SSSR count). The van der Waals surface area contributed by atoms with Crippen LogP contribution in [0, 0.1) is 0 Å². The molecule has 0 aliphatic carbocycles. The van der Waals surface area contributed by atoms with Gasteiger partial charge in [-0.3, -0.25) is 4.79 Å². The fraction of sp³-hybridized carbons (Fsp3) is 0.750. The van der Waals surface area contributed by atoms with Crippen LogP contribution in [-0.2, 0) is 15.7 Å². The number of carbonyl (C=O) groups is 1. The summed E-state index contributed by atoms with van der Waals surface area (Å²) in [5.74, 6) is 0.736. The Bertz CT molecular complexity index is 489. The number of nitrogens with zero attached hydrogens (tertiary/aromatic N) is 2. The van der Waals surface area contributed by atoms with Crippen LogP contribution >= 0.6 is 0 Å². The lowest BCUT2D eigenvalue weighted by molar-refractivity contribution is -0.116. The van der Waals surface area contributed by atoms with Crippen LogP contribution in [0.5, 0.6) is 0 Å². The third-order valence-corrected chi connectivity index (χ3v) is 3.21. The van der Waals surface area contributed by atoms with E-state index in [2.05, 4.69) is 52.0 Å². The van der Waals surface area contributed by atoms with Crippen molar-refractivity contribution in [1.82, 2.24) is 9.78 Å². The van der Waals surface area contributed by atoms with Gasteiger partial charge >= 0.3 is 0 Å². The largest absolute Gasteiger partial charge is 0.328 e. The van der Waals surface area contributed by atoms with Gasteiger partial charge in [-0.1, -0.05) is 20.8 Å². The summed E-state index contributed by atoms with van der Waals surface area (Å²) in [6.45, 7) is 14.5. The molecular formula is C16H30N4O. The van der Waals surface area contributed by atoms with Gasteiger partial charge in [0.1, 0.15) is 5.82 Å². The van der Waals surface area contributed by atoms with E-state index in [1.165, 1.54) is 0 Å². The van der Waals surface area contributed by atoms with Gasteiger partial charge in [0.25, 0.3) is 0 Å². The fourth-order valence-electron chi connectivity index (χ4n) is 1.91. The molecule has 1 atom stereocenters. The highest BCUT2D eigenvalue weighted by molar-refractivity contribution is 5.90. The summed E-state index contributed by atoms with van der Waals surface area (Å²) < 4.78 is 1.89. The first kappa shape index (κ1) is 17.7. The highest BCUT2D eigenvalue weighted by Gasteiger charge is 2.25. The number of hydrogen-bond acceptors (Lipinski definition) is 3. The number of carbonyl (C=O) groups excluding carboxylic acids is 1. The lowest BCUT2D eigenvalue weighted by Crippen LogP contribution is -2.27. The SMILES string of the molecule is CC(N)CCC(=O)Nc1cc(C(C)(C)C)nn1C(C)(C)C. The fourth-order valence-corrected chi connectivity index (χ4v) is 1.91. The first-order chi connectivity index (χ1) is 9.41. The molecule has 5 nitrogen and oxygen atoms in total. The molecule has 0 aliphatic rings. The average Bonchev–Trinajstić information content (AvgIpc) is 2.69. The summed E-state index contributed by atoms with van der Waals surface area (Å²) in [4.78, 5) is 12.0. The molecule has 120 valence electrons. The number of rotatable bonds is 4. The van der Waals surface area contributed by atoms with Crippen molar-refractivity contribution in [3.63, 3.8) is 0 Å². The van der Waals surface area contributed by atoms with E-state index in [1.54, 1.807) is 0 Å². The van der Waals surface area contributed by atoms with Crippen molar-refractivity contribution in [3.05, 3.63) is 11.8 Å². The number of amides is 1. The van der Waals surface area contributed by atoms with E-state index in [1.807, 2.05) is 17.7 Å². The van der Waals surface area contributed by atoms with E-state index in [4.69, 9.17) is 5.73 Å². The van der Waals surface area contributed by atoms with Crippen LogP contribution in [-0.4, -0.2) is 21.7 Å². The molecule has 0 aliphatic heterocycles. The summed E-state index contributed by atoms with van der Waals surface area (Å²) in [5, 5.41) is 7.65. The van der Waals surface area contributed by atoms with E-state index >= 15 is 0 Å². The van der Waals surface area contributed by atoms with Gasteiger partial charge in [-0.25, -0.2) is 4.68 Å². The zero-order valence-electron chi connectivity index (χ0n) is 14.4. The average molecular weight is 294 g/mol. The standard InChI is InChI=1S/C16H30N4O/c1-11(17)8-9-14(21)18-13-10-12(15(2,3)4)19-20(13)16(5,6)7/h10-11H,8-9,17H2,1-7H3,(H,18,21). The zero-order chi connectivity index (χ0) is 16.4. The Kier molecular flexibility index (Phi) is 5.20. The number of nitrogens with one attached hydrogen (secondary N) is 1. The summed E-state index contributed by atoms with van der Waals surface area (Å²) >= 11 is 0. The lowest BCUT2D eigenvalue weighted by atomic mass is 9.92. The molecule has 0 bridgehead atoms. The minimum atomic E-state index is -0.187. The van der Waals surface area contributed by atoms with Crippen LogP contribution in [0.15, 0.2) is 6.07 Å². The summed E-state index contributed by atoms with van der Waals surface area (Å²) in [5.41, 5.74) is 6.43. The number of nitrogens with two attached hydrogens (primary N) is 1. The highest BCUT2D eigenvalue weighted by Crippen LogP contribution is 2.28. The van der Waals surface area contributed by atoms with Gasteiger partial charge in [-0.2, -0.15) is 5.10 Å². The molecule has 3 N–H and O–H groups in total. The second kappa shape index (κ2) is 6.18. The van der Waals surface area contributed by atoms with Crippen molar-refractivity contribution < 1.29 is 4.79 Å². The smallest absolute Gasteiger partial charge is 0.225 e. The Morgan fingerprint density at radius 3 is 2.33 bits per heavy atom. The molecule has 0 radical (unpaired) electrons. The number of aromatic nitrogens is 2. The van der Waals surface area contributed by atoms with Gasteiger partial charge in [-0.15, -0.1) is 0 Å². The maximum Gasteiger partial charge on any atom is 0.225 e. The van der Waals surface area contributed by atoms with Gasteiger partial charge < -0.3 is 11.1 Å². The van der Waals surface area contributed by atoms with Crippen LogP contribution in [0.2, 0.25) is 0 Å². The van der Waals surface area contributed by atoms with E-state index in [0.29, 0.717) is 12.8 Å². The van der Waals surface area contributed by atoms with Crippen LogP contribution in [0.25, 0.3) is 0 Å². The third-order valence-electron chi connectivity index (χ3n) is 3.21. The van der Waals surface area contributed by atoms with E-state index in [0.717, 1.165) is 11.5 Å². The normalized spacial score (nSPS) is 14.1. The van der Waals surface area contributed by atoms with Crippen molar-refractivity contribution in [2.24, 2.45) is 5.73 Å². The maximum atomic E-state index is 12.0. The van der Waals surface area contributed by atoms with Crippen molar-refractivity contribution in [2.45, 2.75) is 78.3 Å². The predicted molar refractivity (Wildman–Crippen MR) is 87.4 cm³/mol. The summed E-state index contributed by atoms with van der Waals surface area (Å²) in [6.07, 6.45) is 1.11. The Morgan fingerprint density at radius 2 is 1.90 bits per heavy atom. The van der Waals surface area contributed by atoms with Crippen molar-refractivity contribution >= 4 is 11.7 Å². The van der Waals surface area contributed by atoms with Gasteiger partial charge in [0.2, 0.25) is 5.91 Å². The maximum absolute atomic E-state index is 12.0. The predicted octanol–water partition coefficient (Wildman–Crippen LogP) is 3.00. The molecule has 0 saturated carbocycles. The first-order valence-corrected chi connectivity index (χ1v) is 7.57. The third kappa shape index (κ3) is 5.16. The molecule has 0 saturated heterocycles. The monoisotopic (exact) mass is 294 g/mol. The number of hydrogen-bond donors (Lipinski definition) is 2.